The van der Waals surface area contributed by atoms with Gasteiger partial charge in [0, 0.05) is 11.8 Å². The van der Waals surface area contributed by atoms with Crippen LogP contribution in [0.2, 0.25) is 0 Å². The van der Waals surface area contributed by atoms with Crippen molar-refractivity contribution in [1.82, 2.24) is 0 Å². The van der Waals surface area contributed by atoms with Gasteiger partial charge in [0.1, 0.15) is 11.3 Å². The molecular formula is C11H14ClNO. The molecule has 1 heterocycles. The Hall–Kier alpha value is -0.990. The lowest BCUT2D eigenvalue weighted by molar-refractivity contribution is 0.550. The van der Waals surface area contributed by atoms with Crippen molar-refractivity contribution in [3.8, 4) is 0 Å². The van der Waals surface area contributed by atoms with Crippen LogP contribution in [-0.2, 0) is 6.42 Å². The van der Waals surface area contributed by atoms with Crippen LogP contribution in [0.5, 0.6) is 0 Å². The molecule has 2 nitrogen and oxygen atoms in total. The second-order valence-electron chi connectivity index (χ2n) is 3.29. The number of benzene rings is 1. The van der Waals surface area contributed by atoms with Gasteiger partial charge in [-0.25, -0.2) is 0 Å². The lowest BCUT2D eigenvalue weighted by Crippen LogP contribution is -2.01. The second kappa shape index (κ2) is 4.49. The van der Waals surface area contributed by atoms with Crippen molar-refractivity contribution in [1.29, 1.82) is 0 Å². The molecule has 0 saturated heterocycles. The number of hydrogen-bond donors (Lipinski definition) is 1. The Morgan fingerprint density at radius 3 is 2.79 bits per heavy atom. The number of nitrogens with two attached hydrogens (primary N) is 1. The first-order chi connectivity index (χ1) is 6.29. The number of halogens is 1. The molecule has 1 aromatic carbocycles. The van der Waals surface area contributed by atoms with E-state index in [9.17, 15) is 0 Å². The maximum absolute atomic E-state index is 5.58. The predicted octanol–water partition coefficient (Wildman–Crippen LogP) is 2.66. The van der Waals surface area contributed by atoms with Crippen LogP contribution in [0.25, 0.3) is 11.0 Å². The van der Waals surface area contributed by atoms with Gasteiger partial charge in [-0.1, -0.05) is 11.6 Å². The summed E-state index contributed by atoms with van der Waals surface area (Å²) >= 11 is 0. The van der Waals surface area contributed by atoms with Gasteiger partial charge in [0.05, 0.1) is 0 Å². The molecule has 0 spiro atoms. The maximum Gasteiger partial charge on any atom is 0.134 e. The standard InChI is InChI=1S/C11H13NO.ClH/c1-8-2-3-11-9(6-8)7-10(13-11)4-5-12;/h2-3,6-7H,4-5,12H2,1H3;1H. The first-order valence-corrected chi connectivity index (χ1v) is 4.49. The summed E-state index contributed by atoms with van der Waals surface area (Å²) in [7, 11) is 0. The minimum atomic E-state index is 0. The van der Waals surface area contributed by atoms with Crippen molar-refractivity contribution < 1.29 is 4.42 Å². The van der Waals surface area contributed by atoms with E-state index in [1.807, 2.05) is 6.07 Å². The zero-order valence-electron chi connectivity index (χ0n) is 8.12. The average molecular weight is 212 g/mol. The first-order valence-electron chi connectivity index (χ1n) is 4.49. The quantitative estimate of drug-likeness (QED) is 0.830. The lowest BCUT2D eigenvalue weighted by Gasteiger charge is -1.89. The van der Waals surface area contributed by atoms with Crippen LogP contribution in [0.4, 0.5) is 0 Å². The zero-order valence-corrected chi connectivity index (χ0v) is 8.93. The van der Waals surface area contributed by atoms with Gasteiger partial charge in [-0.15, -0.1) is 12.4 Å². The molecule has 76 valence electrons. The smallest absolute Gasteiger partial charge is 0.134 e. The number of aryl methyl sites for hydroxylation is 1. The number of hydrogen-bond acceptors (Lipinski definition) is 2. The van der Waals surface area contributed by atoms with Crippen LogP contribution in [0.15, 0.2) is 28.7 Å². The van der Waals surface area contributed by atoms with Crippen molar-refractivity contribution in [2.24, 2.45) is 5.73 Å². The van der Waals surface area contributed by atoms with Crippen LogP contribution >= 0.6 is 12.4 Å². The van der Waals surface area contributed by atoms with E-state index >= 15 is 0 Å². The van der Waals surface area contributed by atoms with E-state index in [1.54, 1.807) is 0 Å². The van der Waals surface area contributed by atoms with Crippen molar-refractivity contribution >= 4 is 23.4 Å². The third kappa shape index (κ3) is 2.08. The van der Waals surface area contributed by atoms with Crippen LogP contribution in [-0.4, -0.2) is 6.54 Å². The second-order valence-corrected chi connectivity index (χ2v) is 3.29. The molecule has 2 rings (SSSR count). The summed E-state index contributed by atoms with van der Waals surface area (Å²) in [5.74, 6) is 0.975. The van der Waals surface area contributed by atoms with Gasteiger partial charge in [0.25, 0.3) is 0 Å². The lowest BCUT2D eigenvalue weighted by atomic mass is 10.2. The highest BCUT2D eigenvalue weighted by molar-refractivity contribution is 5.85. The third-order valence-corrected chi connectivity index (χ3v) is 2.11. The molecule has 0 aliphatic rings. The summed E-state index contributed by atoms with van der Waals surface area (Å²) in [5.41, 5.74) is 7.66. The summed E-state index contributed by atoms with van der Waals surface area (Å²) in [4.78, 5) is 0. The molecule has 0 saturated carbocycles. The van der Waals surface area contributed by atoms with Crippen molar-refractivity contribution in [3.63, 3.8) is 0 Å². The fraction of sp³-hybridized carbons (Fsp3) is 0.273. The van der Waals surface area contributed by atoms with Gasteiger partial charge in [-0.2, -0.15) is 0 Å². The van der Waals surface area contributed by atoms with E-state index in [1.165, 1.54) is 10.9 Å². The number of furan rings is 1. The van der Waals surface area contributed by atoms with Gasteiger partial charge < -0.3 is 10.2 Å². The SMILES string of the molecule is Cc1ccc2oc(CCN)cc2c1.Cl. The van der Waals surface area contributed by atoms with E-state index in [-0.39, 0.29) is 12.4 Å². The molecule has 0 unspecified atom stereocenters. The molecule has 0 atom stereocenters. The van der Waals surface area contributed by atoms with Crippen molar-refractivity contribution in [2.45, 2.75) is 13.3 Å². The fourth-order valence-electron chi connectivity index (χ4n) is 1.48. The summed E-state index contributed by atoms with van der Waals surface area (Å²) in [6, 6.07) is 8.25. The molecule has 14 heavy (non-hydrogen) atoms. The predicted molar refractivity (Wildman–Crippen MR) is 61.0 cm³/mol. The summed E-state index contributed by atoms with van der Waals surface area (Å²) in [6.45, 7) is 2.72. The Labute approximate surface area is 89.5 Å². The molecule has 2 aromatic rings. The van der Waals surface area contributed by atoms with E-state index in [4.69, 9.17) is 10.2 Å². The largest absolute Gasteiger partial charge is 0.461 e. The summed E-state index contributed by atoms with van der Waals surface area (Å²) in [6.07, 6.45) is 0.813. The monoisotopic (exact) mass is 211 g/mol. The summed E-state index contributed by atoms with van der Waals surface area (Å²) < 4.78 is 5.58. The van der Waals surface area contributed by atoms with Crippen molar-refractivity contribution in [2.75, 3.05) is 6.54 Å². The fourth-order valence-corrected chi connectivity index (χ4v) is 1.48. The van der Waals surface area contributed by atoms with Crippen LogP contribution < -0.4 is 5.73 Å². The topological polar surface area (TPSA) is 39.2 Å². The molecular weight excluding hydrogens is 198 g/mol. The highest BCUT2D eigenvalue weighted by atomic mass is 35.5. The maximum atomic E-state index is 5.58. The zero-order chi connectivity index (χ0) is 9.26. The molecule has 2 N–H and O–H groups in total. The number of rotatable bonds is 2. The van der Waals surface area contributed by atoms with Gasteiger partial charge >= 0.3 is 0 Å². The molecule has 0 aliphatic carbocycles. The minimum Gasteiger partial charge on any atom is -0.461 e. The summed E-state index contributed by atoms with van der Waals surface area (Å²) in [5, 5.41) is 1.17. The Kier molecular flexibility index (Phi) is 3.55. The third-order valence-electron chi connectivity index (χ3n) is 2.11. The van der Waals surface area contributed by atoms with E-state index in [0.717, 1.165) is 17.8 Å². The molecule has 0 bridgehead atoms. The molecule has 0 radical (unpaired) electrons. The van der Waals surface area contributed by atoms with Crippen LogP contribution in [0.3, 0.4) is 0 Å². The molecule has 0 fully saturated rings. The van der Waals surface area contributed by atoms with E-state index < -0.39 is 0 Å². The van der Waals surface area contributed by atoms with Gasteiger partial charge in [-0.3, -0.25) is 0 Å². The Morgan fingerprint density at radius 1 is 1.29 bits per heavy atom. The van der Waals surface area contributed by atoms with Crippen LogP contribution in [0.1, 0.15) is 11.3 Å². The Bertz CT molecular complexity index is 422. The Balaban J connectivity index is 0.000000980. The molecule has 1 aromatic heterocycles. The molecule has 0 amide bonds. The first kappa shape index (κ1) is 11.1. The van der Waals surface area contributed by atoms with Gasteiger partial charge in [-0.05, 0) is 31.7 Å². The van der Waals surface area contributed by atoms with Gasteiger partial charge in [0.15, 0.2) is 0 Å². The minimum absolute atomic E-state index is 0. The van der Waals surface area contributed by atoms with Crippen LogP contribution in [0, 0.1) is 6.92 Å². The van der Waals surface area contributed by atoms with E-state index in [2.05, 4.69) is 25.1 Å². The van der Waals surface area contributed by atoms with Gasteiger partial charge in [0.2, 0.25) is 0 Å². The Morgan fingerprint density at radius 2 is 2.07 bits per heavy atom. The molecule has 0 aliphatic heterocycles. The highest BCUT2D eigenvalue weighted by Crippen LogP contribution is 2.20. The molecule has 3 heteroatoms. The van der Waals surface area contributed by atoms with Crippen molar-refractivity contribution in [3.05, 3.63) is 35.6 Å². The van der Waals surface area contributed by atoms with E-state index in [0.29, 0.717) is 6.54 Å². The normalized spacial score (nSPS) is 10.1. The average Bonchev–Trinajstić information content (AvgIpc) is 2.46. The highest BCUT2D eigenvalue weighted by Gasteiger charge is 2.01. The number of fused-ring (bicyclic) bond motifs is 1.